The first-order valence-electron chi connectivity index (χ1n) is 10.3. The molecule has 0 spiro atoms. The van der Waals surface area contributed by atoms with E-state index in [4.69, 9.17) is 14.1 Å². The average molecular weight is 407 g/mol. The molecule has 0 aliphatic heterocycles. The summed E-state index contributed by atoms with van der Waals surface area (Å²) in [4.78, 5) is 18.7. The third-order valence-corrected chi connectivity index (χ3v) is 10.2. The quantitative estimate of drug-likeness (QED) is 0.552. The van der Waals surface area contributed by atoms with Gasteiger partial charge in [0.25, 0.3) is 0 Å². The van der Waals surface area contributed by atoms with Crippen molar-refractivity contribution < 1.29 is 14.0 Å². The van der Waals surface area contributed by atoms with Crippen LogP contribution in [-0.2, 0) is 15.6 Å². The maximum absolute atomic E-state index is 12.4. The minimum atomic E-state index is -1.78. The molecule has 158 valence electrons. The number of amides is 1. The van der Waals surface area contributed by atoms with Gasteiger partial charge in [0.05, 0.1) is 0 Å². The van der Waals surface area contributed by atoms with Gasteiger partial charge in [0.2, 0.25) is 0 Å². The molecular weight excluding hydrogens is 368 g/mol. The van der Waals surface area contributed by atoms with Crippen LogP contribution < -0.4 is 4.90 Å². The lowest BCUT2D eigenvalue weighted by Gasteiger charge is -2.36. The maximum Gasteiger partial charge on any atom is 0.415 e. The molecule has 1 amide bonds. The van der Waals surface area contributed by atoms with E-state index < -0.39 is 13.9 Å². The molecule has 1 fully saturated rings. The zero-order valence-corrected chi connectivity index (χ0v) is 20.2. The van der Waals surface area contributed by atoms with Gasteiger partial charge in [-0.3, -0.25) is 4.90 Å². The Bertz CT molecular complexity index is 701. The topological polar surface area (TPSA) is 51.7 Å². The molecule has 2 rings (SSSR count). The van der Waals surface area contributed by atoms with Crippen LogP contribution in [0.1, 0.15) is 71.6 Å². The number of pyridine rings is 1. The van der Waals surface area contributed by atoms with Gasteiger partial charge in [-0.15, -0.1) is 0 Å². The van der Waals surface area contributed by atoms with Crippen LogP contribution in [0.5, 0.6) is 0 Å². The zero-order valence-electron chi connectivity index (χ0n) is 19.2. The van der Waals surface area contributed by atoms with E-state index >= 15 is 0 Å². The van der Waals surface area contributed by atoms with E-state index in [2.05, 4.69) is 39.9 Å². The van der Waals surface area contributed by atoms with E-state index in [1.165, 1.54) is 23.3 Å². The van der Waals surface area contributed by atoms with Gasteiger partial charge < -0.3 is 9.16 Å². The fourth-order valence-corrected chi connectivity index (χ4v) is 3.74. The molecule has 0 N–H and O–H groups in total. The van der Waals surface area contributed by atoms with Crippen LogP contribution in [0.3, 0.4) is 0 Å². The maximum atomic E-state index is 12.4. The predicted octanol–water partition coefficient (Wildman–Crippen LogP) is 5.89. The van der Waals surface area contributed by atoms with E-state index in [-0.39, 0.29) is 11.1 Å². The molecule has 0 saturated heterocycles. The highest BCUT2D eigenvalue weighted by atomic mass is 28.4. The second-order valence-electron chi connectivity index (χ2n) is 10.4. The number of carbonyl (C=O) groups excluding carboxylic acids is 1. The van der Waals surface area contributed by atoms with Crippen LogP contribution in [0.25, 0.3) is 0 Å². The number of anilines is 1. The highest BCUT2D eigenvalue weighted by molar-refractivity contribution is 6.74. The van der Waals surface area contributed by atoms with Gasteiger partial charge >= 0.3 is 6.09 Å². The highest BCUT2D eigenvalue weighted by Gasteiger charge is 2.37. The molecule has 1 heterocycles. The summed E-state index contributed by atoms with van der Waals surface area (Å²) in [6.07, 6.45) is 2.83. The molecule has 1 saturated carbocycles. The Morgan fingerprint density at radius 3 is 2.29 bits per heavy atom. The molecule has 1 aromatic heterocycles. The van der Waals surface area contributed by atoms with Gasteiger partial charge in [-0.25, -0.2) is 9.78 Å². The van der Waals surface area contributed by atoms with Crippen LogP contribution >= 0.6 is 0 Å². The third kappa shape index (κ3) is 6.05. The van der Waals surface area contributed by atoms with Crippen LogP contribution in [0.4, 0.5) is 10.6 Å². The smallest absolute Gasteiger partial charge is 0.415 e. The van der Waals surface area contributed by atoms with E-state index in [1.807, 2.05) is 26.8 Å². The first-order chi connectivity index (χ1) is 12.7. The van der Waals surface area contributed by atoms with Gasteiger partial charge in [-0.1, -0.05) is 26.8 Å². The minimum absolute atomic E-state index is 0.193. The van der Waals surface area contributed by atoms with Crippen molar-refractivity contribution in [2.75, 3.05) is 18.6 Å². The number of nitrogens with zero attached hydrogens (tertiary/aromatic N) is 2. The number of ether oxygens (including phenoxy) is 1. The largest absolute Gasteiger partial charge is 0.443 e. The molecule has 28 heavy (non-hydrogen) atoms. The van der Waals surface area contributed by atoms with E-state index in [9.17, 15) is 4.79 Å². The van der Waals surface area contributed by atoms with Gasteiger partial charge in [-0.05, 0) is 69.3 Å². The minimum Gasteiger partial charge on any atom is -0.443 e. The fourth-order valence-electron chi connectivity index (χ4n) is 2.70. The van der Waals surface area contributed by atoms with Crippen LogP contribution in [-0.4, -0.2) is 38.7 Å². The Kier molecular flexibility index (Phi) is 6.66. The normalized spacial score (nSPS) is 15.5. The summed E-state index contributed by atoms with van der Waals surface area (Å²) in [7, 11) is -0.0687. The number of aromatic nitrogens is 1. The monoisotopic (exact) mass is 406 g/mol. The summed E-state index contributed by atoms with van der Waals surface area (Å²) in [6, 6.07) is 4.05. The molecule has 5 nitrogen and oxygen atoms in total. The molecule has 1 aliphatic rings. The number of carbonyl (C=O) groups is 1. The Morgan fingerprint density at radius 1 is 1.18 bits per heavy atom. The summed E-state index contributed by atoms with van der Waals surface area (Å²) < 4.78 is 11.8. The summed E-state index contributed by atoms with van der Waals surface area (Å²) >= 11 is 0. The standard InChI is InChI=1S/C22H38N2O3Si/c1-21(2,3)27-20(25)24(7)19-13-12-17(16-10-11-16)18(23-19)14-15-26-28(8,9)22(4,5)6/h12-13,16H,10-11,14-15H2,1-9H3. The lowest BCUT2D eigenvalue weighted by Crippen LogP contribution is -2.41. The molecule has 1 aromatic rings. The molecule has 1 aliphatic carbocycles. The molecule has 0 aromatic carbocycles. The van der Waals surface area contributed by atoms with Crippen molar-refractivity contribution in [1.29, 1.82) is 0 Å². The van der Waals surface area contributed by atoms with Crippen molar-refractivity contribution in [2.24, 2.45) is 0 Å². The molecule has 0 radical (unpaired) electrons. The SMILES string of the molecule is CN(C(=O)OC(C)(C)C)c1ccc(C2CC2)c(CCO[Si](C)(C)C(C)(C)C)n1. The summed E-state index contributed by atoms with van der Waals surface area (Å²) in [5, 5.41) is 0.193. The van der Waals surface area contributed by atoms with E-state index in [0.717, 1.165) is 12.1 Å². The van der Waals surface area contributed by atoms with Gasteiger partial charge in [-0.2, -0.15) is 0 Å². The van der Waals surface area contributed by atoms with Crippen LogP contribution in [0.15, 0.2) is 12.1 Å². The summed E-state index contributed by atoms with van der Waals surface area (Å²) in [6.45, 7) is 17.6. The lowest BCUT2D eigenvalue weighted by atomic mass is 10.1. The Hall–Kier alpha value is -1.40. The van der Waals surface area contributed by atoms with Crippen molar-refractivity contribution in [3.05, 3.63) is 23.4 Å². The second kappa shape index (κ2) is 8.15. The third-order valence-electron chi connectivity index (χ3n) is 5.63. The number of hydrogen-bond donors (Lipinski definition) is 0. The Morgan fingerprint density at radius 2 is 1.79 bits per heavy atom. The van der Waals surface area contributed by atoms with Crippen LogP contribution in [0, 0.1) is 0 Å². The van der Waals surface area contributed by atoms with E-state index in [1.54, 1.807) is 7.05 Å². The first kappa shape index (κ1) is 22.9. The van der Waals surface area contributed by atoms with Gasteiger partial charge in [0, 0.05) is 25.8 Å². The number of hydrogen-bond acceptors (Lipinski definition) is 4. The lowest BCUT2D eigenvalue weighted by molar-refractivity contribution is 0.0588. The van der Waals surface area contributed by atoms with Crippen molar-refractivity contribution in [2.45, 2.75) is 90.5 Å². The second-order valence-corrected chi connectivity index (χ2v) is 15.2. The summed E-state index contributed by atoms with van der Waals surface area (Å²) in [5.74, 6) is 1.23. The van der Waals surface area contributed by atoms with Crippen molar-refractivity contribution in [3.63, 3.8) is 0 Å². The summed E-state index contributed by atoms with van der Waals surface area (Å²) in [5.41, 5.74) is 1.83. The van der Waals surface area contributed by atoms with Crippen molar-refractivity contribution >= 4 is 20.2 Å². The highest BCUT2D eigenvalue weighted by Crippen LogP contribution is 2.42. The van der Waals surface area contributed by atoms with Gasteiger partial charge in [0.15, 0.2) is 8.32 Å². The average Bonchev–Trinajstić information content (AvgIpc) is 3.36. The van der Waals surface area contributed by atoms with Crippen molar-refractivity contribution in [1.82, 2.24) is 4.98 Å². The van der Waals surface area contributed by atoms with Crippen LogP contribution in [0.2, 0.25) is 18.1 Å². The van der Waals surface area contributed by atoms with Crippen molar-refractivity contribution in [3.8, 4) is 0 Å². The predicted molar refractivity (Wildman–Crippen MR) is 118 cm³/mol. The Balaban J connectivity index is 2.14. The Labute approximate surface area is 172 Å². The molecule has 0 atom stereocenters. The fraction of sp³-hybridized carbons (Fsp3) is 0.727. The first-order valence-corrected chi connectivity index (χ1v) is 13.2. The molecule has 0 unspecified atom stereocenters. The van der Waals surface area contributed by atoms with Gasteiger partial charge in [0.1, 0.15) is 11.4 Å². The molecular formula is C22H38N2O3Si. The molecule has 0 bridgehead atoms. The molecule has 6 heteroatoms. The van der Waals surface area contributed by atoms with E-state index in [0.29, 0.717) is 18.3 Å². The zero-order chi connectivity index (χ0) is 21.3. The number of rotatable bonds is 6.